The first kappa shape index (κ1) is 14.6. The van der Waals surface area contributed by atoms with E-state index in [4.69, 9.17) is 5.73 Å². The summed E-state index contributed by atoms with van der Waals surface area (Å²) >= 11 is 0. The van der Waals surface area contributed by atoms with Crippen molar-refractivity contribution in [2.24, 2.45) is 0 Å². The van der Waals surface area contributed by atoms with E-state index in [-0.39, 0.29) is 5.54 Å². The van der Waals surface area contributed by atoms with Gasteiger partial charge in [-0.3, -0.25) is 4.98 Å². The number of aromatic nitrogens is 1. The van der Waals surface area contributed by atoms with E-state index in [0.29, 0.717) is 0 Å². The first-order valence-corrected chi connectivity index (χ1v) is 7.48. The molecule has 0 atom stereocenters. The third-order valence-corrected chi connectivity index (χ3v) is 4.39. The number of nitrogens with one attached hydrogen (secondary N) is 1. The van der Waals surface area contributed by atoms with E-state index in [1.165, 1.54) is 0 Å². The van der Waals surface area contributed by atoms with Crippen molar-refractivity contribution in [3.63, 3.8) is 0 Å². The summed E-state index contributed by atoms with van der Waals surface area (Å²) < 4.78 is 0. The molecule has 0 aliphatic carbocycles. The second kappa shape index (κ2) is 5.70. The molecule has 0 radical (unpaired) electrons. The summed E-state index contributed by atoms with van der Waals surface area (Å²) in [6.45, 7) is 8.76. The molecule has 0 unspecified atom stereocenters. The Balaban J connectivity index is 2.55. The lowest BCUT2D eigenvalue weighted by atomic mass is 9.89. The summed E-state index contributed by atoms with van der Waals surface area (Å²) in [5.74, 6) is 0. The summed E-state index contributed by atoms with van der Waals surface area (Å²) in [7, 11) is 0. The zero-order valence-corrected chi connectivity index (χ0v) is 13.0. The van der Waals surface area contributed by atoms with Gasteiger partial charge < -0.3 is 11.1 Å². The summed E-state index contributed by atoms with van der Waals surface area (Å²) in [5.41, 5.74) is 10.0. The van der Waals surface area contributed by atoms with Crippen molar-refractivity contribution in [2.75, 3.05) is 11.1 Å². The fourth-order valence-corrected chi connectivity index (χ4v) is 2.78. The summed E-state index contributed by atoms with van der Waals surface area (Å²) in [5, 5.41) is 4.86. The van der Waals surface area contributed by atoms with Crippen LogP contribution >= 0.6 is 0 Å². The van der Waals surface area contributed by atoms with Crippen molar-refractivity contribution in [1.29, 1.82) is 0 Å². The topological polar surface area (TPSA) is 50.9 Å². The molecule has 2 rings (SSSR count). The number of nitrogens with zero attached hydrogens (tertiary/aromatic N) is 1. The number of rotatable bonds is 5. The smallest absolute Gasteiger partial charge is 0.0727 e. The fourth-order valence-electron chi connectivity index (χ4n) is 2.78. The molecule has 0 fully saturated rings. The number of hydrogen-bond donors (Lipinski definition) is 2. The van der Waals surface area contributed by atoms with Gasteiger partial charge in [-0.15, -0.1) is 0 Å². The van der Waals surface area contributed by atoms with E-state index in [1.54, 1.807) is 0 Å². The second-order valence-electron chi connectivity index (χ2n) is 5.55. The number of aryl methyl sites for hydroxylation is 1. The van der Waals surface area contributed by atoms with Crippen LogP contribution in [0, 0.1) is 6.92 Å². The van der Waals surface area contributed by atoms with E-state index in [0.717, 1.165) is 47.2 Å². The highest BCUT2D eigenvalue weighted by Gasteiger charge is 2.24. The molecule has 1 aromatic carbocycles. The van der Waals surface area contributed by atoms with Crippen molar-refractivity contribution in [2.45, 2.75) is 52.5 Å². The second-order valence-corrected chi connectivity index (χ2v) is 5.55. The largest absolute Gasteiger partial charge is 0.399 e. The van der Waals surface area contributed by atoms with Crippen LogP contribution in [0.3, 0.4) is 0 Å². The molecule has 3 heteroatoms. The highest BCUT2D eigenvalue weighted by molar-refractivity contribution is 5.93. The molecule has 1 heterocycles. The van der Waals surface area contributed by atoms with E-state index >= 15 is 0 Å². The summed E-state index contributed by atoms with van der Waals surface area (Å²) in [6, 6.07) is 8.03. The van der Waals surface area contributed by atoms with Gasteiger partial charge in [0.15, 0.2) is 0 Å². The number of hydrogen-bond acceptors (Lipinski definition) is 3. The minimum absolute atomic E-state index is 0.144. The van der Waals surface area contributed by atoms with E-state index in [2.05, 4.69) is 37.1 Å². The molecular weight excluding hydrogens is 246 g/mol. The Kier molecular flexibility index (Phi) is 4.17. The first-order valence-electron chi connectivity index (χ1n) is 7.48. The lowest BCUT2D eigenvalue weighted by molar-refractivity contribution is 0.421. The van der Waals surface area contributed by atoms with Gasteiger partial charge in [0, 0.05) is 28.0 Å². The Morgan fingerprint density at radius 2 is 1.75 bits per heavy atom. The maximum atomic E-state index is 5.94. The number of nitrogen functional groups attached to an aromatic ring is 1. The van der Waals surface area contributed by atoms with E-state index in [9.17, 15) is 0 Å². The Morgan fingerprint density at radius 1 is 1.10 bits per heavy atom. The average molecular weight is 271 g/mol. The van der Waals surface area contributed by atoms with Gasteiger partial charge in [-0.2, -0.15) is 0 Å². The number of benzene rings is 1. The van der Waals surface area contributed by atoms with Gasteiger partial charge in [-0.05, 0) is 50.5 Å². The highest BCUT2D eigenvalue weighted by Crippen LogP contribution is 2.31. The lowest BCUT2D eigenvalue weighted by Gasteiger charge is -2.33. The molecule has 0 aliphatic heterocycles. The zero-order chi connectivity index (χ0) is 14.8. The molecule has 0 saturated heterocycles. The molecule has 0 saturated carbocycles. The van der Waals surface area contributed by atoms with Crippen molar-refractivity contribution in [3.8, 4) is 0 Å². The Labute approximate surface area is 121 Å². The molecular formula is C17H25N3. The van der Waals surface area contributed by atoms with Crippen LogP contribution in [0.25, 0.3) is 10.9 Å². The first-order chi connectivity index (χ1) is 9.53. The maximum absolute atomic E-state index is 5.94. The molecule has 0 bridgehead atoms. The quantitative estimate of drug-likeness (QED) is 0.787. The van der Waals surface area contributed by atoms with Crippen LogP contribution in [0.4, 0.5) is 11.4 Å². The SMILES string of the molecule is CCC(CC)(CC)Nc1cc(C)nc2ccc(N)cc12. The van der Waals surface area contributed by atoms with Crippen LogP contribution in [0.15, 0.2) is 24.3 Å². The molecule has 20 heavy (non-hydrogen) atoms. The highest BCUT2D eigenvalue weighted by atomic mass is 15.0. The van der Waals surface area contributed by atoms with Gasteiger partial charge in [-0.25, -0.2) is 0 Å². The van der Waals surface area contributed by atoms with Crippen LogP contribution in [-0.4, -0.2) is 10.5 Å². The van der Waals surface area contributed by atoms with E-state index in [1.807, 2.05) is 25.1 Å². The molecule has 1 aromatic heterocycles. The Bertz CT molecular complexity index is 592. The summed E-state index contributed by atoms with van der Waals surface area (Å²) in [4.78, 5) is 4.59. The van der Waals surface area contributed by atoms with Gasteiger partial charge in [0.1, 0.15) is 0 Å². The van der Waals surface area contributed by atoms with Gasteiger partial charge >= 0.3 is 0 Å². The van der Waals surface area contributed by atoms with Crippen LogP contribution in [0.1, 0.15) is 45.7 Å². The molecule has 0 amide bonds. The molecule has 0 aliphatic rings. The minimum Gasteiger partial charge on any atom is -0.399 e. The number of fused-ring (bicyclic) bond motifs is 1. The van der Waals surface area contributed by atoms with Gasteiger partial charge in [-0.1, -0.05) is 20.8 Å². The third kappa shape index (κ3) is 2.72. The standard InChI is InChI=1S/C17H25N3/c1-5-17(6-2,7-3)20-16-10-12(4)19-15-9-8-13(18)11-14(15)16/h8-11H,5-7,18H2,1-4H3,(H,19,20). The predicted molar refractivity (Wildman–Crippen MR) is 88.1 cm³/mol. The van der Waals surface area contributed by atoms with Crippen LogP contribution in [-0.2, 0) is 0 Å². The van der Waals surface area contributed by atoms with Crippen molar-refractivity contribution in [3.05, 3.63) is 30.0 Å². The van der Waals surface area contributed by atoms with Gasteiger partial charge in [0.2, 0.25) is 0 Å². The average Bonchev–Trinajstić information content (AvgIpc) is 2.45. The molecule has 3 N–H and O–H groups in total. The Hall–Kier alpha value is -1.77. The van der Waals surface area contributed by atoms with Gasteiger partial charge in [0.25, 0.3) is 0 Å². The minimum atomic E-state index is 0.144. The summed E-state index contributed by atoms with van der Waals surface area (Å²) in [6.07, 6.45) is 3.31. The normalized spacial score (nSPS) is 11.8. The molecule has 0 spiro atoms. The van der Waals surface area contributed by atoms with Crippen LogP contribution in [0.2, 0.25) is 0 Å². The van der Waals surface area contributed by atoms with Gasteiger partial charge in [0.05, 0.1) is 5.52 Å². The monoisotopic (exact) mass is 271 g/mol. The zero-order valence-electron chi connectivity index (χ0n) is 13.0. The number of nitrogens with two attached hydrogens (primary N) is 1. The number of anilines is 2. The van der Waals surface area contributed by atoms with Crippen molar-refractivity contribution >= 4 is 22.3 Å². The lowest BCUT2D eigenvalue weighted by Crippen LogP contribution is -2.36. The van der Waals surface area contributed by atoms with Crippen molar-refractivity contribution < 1.29 is 0 Å². The molecule has 3 nitrogen and oxygen atoms in total. The maximum Gasteiger partial charge on any atom is 0.0727 e. The third-order valence-electron chi connectivity index (χ3n) is 4.39. The Morgan fingerprint density at radius 3 is 2.35 bits per heavy atom. The van der Waals surface area contributed by atoms with Crippen LogP contribution < -0.4 is 11.1 Å². The number of pyridine rings is 1. The van der Waals surface area contributed by atoms with Crippen molar-refractivity contribution in [1.82, 2.24) is 4.98 Å². The molecule has 2 aromatic rings. The van der Waals surface area contributed by atoms with Crippen LogP contribution in [0.5, 0.6) is 0 Å². The molecule has 108 valence electrons. The van der Waals surface area contributed by atoms with E-state index < -0.39 is 0 Å². The predicted octanol–water partition coefficient (Wildman–Crippen LogP) is 4.51. The fraction of sp³-hybridized carbons (Fsp3) is 0.471.